The van der Waals surface area contributed by atoms with Crippen molar-refractivity contribution in [2.45, 2.75) is 25.1 Å². The number of aryl methyl sites for hydroxylation is 1. The van der Waals surface area contributed by atoms with E-state index in [1.54, 1.807) is 28.9 Å². The lowest BCUT2D eigenvalue weighted by Gasteiger charge is -2.60. The summed E-state index contributed by atoms with van der Waals surface area (Å²) in [6.07, 6.45) is 1.68. The van der Waals surface area contributed by atoms with E-state index in [9.17, 15) is 27.2 Å². The summed E-state index contributed by atoms with van der Waals surface area (Å²) in [4.78, 5) is 28.6. The molecule has 1 saturated carbocycles. The van der Waals surface area contributed by atoms with Crippen molar-refractivity contribution >= 4 is 23.3 Å². The van der Waals surface area contributed by atoms with Crippen LogP contribution in [0.15, 0.2) is 36.8 Å². The summed E-state index contributed by atoms with van der Waals surface area (Å²) < 4.78 is 55.7. The zero-order valence-corrected chi connectivity index (χ0v) is 18.4. The molecule has 2 fully saturated rings. The number of benzene rings is 1. The van der Waals surface area contributed by atoms with E-state index in [1.807, 2.05) is 17.8 Å². The predicted molar refractivity (Wildman–Crippen MR) is 114 cm³/mol. The maximum absolute atomic E-state index is 13.5. The van der Waals surface area contributed by atoms with Gasteiger partial charge in [0.25, 0.3) is 5.91 Å². The van der Waals surface area contributed by atoms with E-state index in [0.717, 1.165) is 11.7 Å². The summed E-state index contributed by atoms with van der Waals surface area (Å²) in [7, 11) is 3.42. The van der Waals surface area contributed by atoms with Crippen LogP contribution in [0.2, 0.25) is 0 Å². The molecule has 2 aliphatic rings. The highest BCUT2D eigenvalue weighted by atomic mass is 19.4. The van der Waals surface area contributed by atoms with Gasteiger partial charge >= 0.3 is 12.2 Å². The van der Waals surface area contributed by atoms with Crippen molar-refractivity contribution in [3.8, 4) is 0 Å². The Morgan fingerprint density at radius 2 is 1.91 bits per heavy atom. The average molecular weight is 478 g/mol. The Morgan fingerprint density at radius 3 is 2.59 bits per heavy atom. The molecule has 0 atom stereocenters. The summed E-state index contributed by atoms with van der Waals surface area (Å²) in [5.41, 5.74) is -0.362. The van der Waals surface area contributed by atoms with Crippen LogP contribution >= 0.6 is 0 Å². The first-order valence-corrected chi connectivity index (χ1v) is 10.7. The minimum Gasteiger partial charge on any atom is -0.337 e. The van der Waals surface area contributed by atoms with Crippen molar-refractivity contribution < 1.29 is 27.2 Å². The number of aromatic nitrogens is 3. The molecule has 3 aromatic rings. The molecule has 0 bridgehead atoms. The van der Waals surface area contributed by atoms with Crippen LogP contribution in [0.5, 0.6) is 0 Å². The molecule has 0 unspecified atom stereocenters. The minimum absolute atomic E-state index is 0.0608. The monoisotopic (exact) mass is 478 g/mol. The van der Waals surface area contributed by atoms with Gasteiger partial charge in [0.2, 0.25) is 0 Å². The number of hydrogen-bond acceptors (Lipinski definition) is 3. The zero-order chi connectivity index (χ0) is 24.4. The molecule has 180 valence electrons. The van der Waals surface area contributed by atoms with Crippen molar-refractivity contribution in [2.24, 2.45) is 12.5 Å². The summed E-state index contributed by atoms with van der Waals surface area (Å²) >= 11 is 0. The van der Waals surface area contributed by atoms with Gasteiger partial charge in [-0.05, 0) is 31.0 Å². The molecule has 12 heteroatoms. The van der Waals surface area contributed by atoms with Gasteiger partial charge in [-0.25, -0.2) is 13.7 Å². The lowest BCUT2D eigenvalue weighted by Crippen LogP contribution is -2.67. The molecular weight excluding hydrogens is 456 g/mol. The van der Waals surface area contributed by atoms with Gasteiger partial charge in [0, 0.05) is 56.7 Å². The maximum atomic E-state index is 13.5. The van der Waals surface area contributed by atoms with Crippen molar-refractivity contribution in [3.05, 3.63) is 53.7 Å². The number of anilines is 1. The molecule has 1 N–H and O–H groups in total. The molecule has 1 spiro atoms. The molecule has 3 heterocycles. The highest BCUT2D eigenvalue weighted by molar-refractivity contribution is 6.00. The third kappa shape index (κ3) is 3.57. The Hall–Kier alpha value is -3.57. The van der Waals surface area contributed by atoms with Crippen LogP contribution in [0.1, 0.15) is 28.8 Å². The number of likely N-dealkylation sites (tertiary alicyclic amines) is 1. The smallest absolute Gasteiger partial charge is 0.337 e. The number of carbonyl (C=O) groups excluding carboxylic acids is 2. The molecule has 8 nitrogen and oxygen atoms in total. The second kappa shape index (κ2) is 7.47. The Bertz CT molecular complexity index is 1280. The number of nitrogens with one attached hydrogen (secondary N) is 1. The molecular formula is C22H22F4N6O2. The number of rotatable bonds is 3. The zero-order valence-electron chi connectivity index (χ0n) is 18.4. The van der Waals surface area contributed by atoms with Crippen LogP contribution in [0, 0.1) is 11.2 Å². The Kier molecular flexibility index (Phi) is 4.88. The standard InChI is InChI=1S/C22H22F4N6O2/c1-29-5-6-32-18(29)15(10-27-32)19(33)31-11-21(12-31)8-14(9-21)30(2)20(34)28-13-3-4-17(23)16(7-13)22(24,25)26/h3-7,10,14H,8-9,11-12H2,1-2H3,(H,28,34). The van der Waals surface area contributed by atoms with Gasteiger partial charge < -0.3 is 19.7 Å². The minimum atomic E-state index is -4.85. The normalized spacial score (nSPS) is 17.5. The first-order valence-electron chi connectivity index (χ1n) is 10.7. The second-order valence-corrected chi connectivity index (χ2v) is 9.19. The number of fused-ring (bicyclic) bond motifs is 1. The fraction of sp³-hybridized carbons (Fsp3) is 0.409. The molecule has 1 aliphatic carbocycles. The van der Waals surface area contributed by atoms with E-state index in [4.69, 9.17) is 0 Å². The van der Waals surface area contributed by atoms with Crippen molar-refractivity contribution in [2.75, 3.05) is 25.5 Å². The van der Waals surface area contributed by atoms with E-state index in [1.165, 1.54) is 4.90 Å². The van der Waals surface area contributed by atoms with Gasteiger partial charge in [0.1, 0.15) is 17.0 Å². The fourth-order valence-electron chi connectivity index (χ4n) is 4.95. The molecule has 5 rings (SSSR count). The van der Waals surface area contributed by atoms with E-state index in [-0.39, 0.29) is 23.1 Å². The van der Waals surface area contributed by atoms with E-state index >= 15 is 0 Å². The van der Waals surface area contributed by atoms with Gasteiger partial charge in [-0.15, -0.1) is 0 Å². The quantitative estimate of drug-likeness (QED) is 0.585. The molecule has 1 aliphatic heterocycles. The Labute approximate surface area is 191 Å². The van der Waals surface area contributed by atoms with Gasteiger partial charge in [-0.1, -0.05) is 0 Å². The molecule has 0 radical (unpaired) electrons. The van der Waals surface area contributed by atoms with Crippen molar-refractivity contribution in [1.82, 2.24) is 24.0 Å². The number of urea groups is 1. The first kappa shape index (κ1) is 22.2. The number of halogens is 4. The third-order valence-electron chi connectivity index (χ3n) is 6.83. The van der Waals surface area contributed by atoms with Crippen LogP contribution in [0.4, 0.5) is 28.0 Å². The lowest BCUT2D eigenvalue weighted by molar-refractivity contribution is -0.139. The van der Waals surface area contributed by atoms with Gasteiger partial charge in [0.05, 0.1) is 11.8 Å². The van der Waals surface area contributed by atoms with Crippen molar-refractivity contribution in [3.63, 3.8) is 0 Å². The summed E-state index contributed by atoms with van der Waals surface area (Å²) in [6, 6.07) is 1.68. The fourth-order valence-corrected chi connectivity index (χ4v) is 4.95. The SMILES string of the molecule is CN(C(=O)Nc1ccc(F)c(C(F)(F)F)c1)C1CC2(C1)CN(C(=O)c1cnn3ccn(C)c13)C2. The average Bonchev–Trinajstić information content (AvgIpc) is 3.29. The van der Waals surface area contributed by atoms with E-state index in [0.29, 0.717) is 43.6 Å². The molecule has 1 aromatic carbocycles. The molecule has 1 saturated heterocycles. The van der Waals surface area contributed by atoms with Gasteiger partial charge in [-0.3, -0.25) is 4.79 Å². The predicted octanol–water partition coefficient (Wildman–Crippen LogP) is 3.60. The van der Waals surface area contributed by atoms with E-state index < -0.39 is 23.6 Å². The number of imidazole rings is 1. The molecule has 34 heavy (non-hydrogen) atoms. The van der Waals surface area contributed by atoms with Crippen LogP contribution in [0.25, 0.3) is 5.65 Å². The summed E-state index contributed by atoms with van der Waals surface area (Å²) in [5.74, 6) is -1.48. The molecule has 3 amide bonds. The topological polar surface area (TPSA) is 74.9 Å². The summed E-state index contributed by atoms with van der Waals surface area (Å²) in [5, 5.41) is 6.60. The molecule has 2 aromatic heterocycles. The number of amides is 3. The first-order chi connectivity index (χ1) is 16.0. The number of alkyl halides is 3. The summed E-state index contributed by atoms with van der Waals surface area (Å²) in [6.45, 7) is 1.15. The van der Waals surface area contributed by atoms with Gasteiger partial charge in [-0.2, -0.15) is 18.3 Å². The largest absolute Gasteiger partial charge is 0.419 e. The number of hydrogen-bond donors (Lipinski definition) is 1. The van der Waals surface area contributed by atoms with Crippen LogP contribution in [0.3, 0.4) is 0 Å². The third-order valence-corrected chi connectivity index (χ3v) is 6.83. The second-order valence-electron chi connectivity index (χ2n) is 9.19. The lowest BCUT2D eigenvalue weighted by atomic mass is 9.60. The Balaban J connectivity index is 1.16. The van der Waals surface area contributed by atoms with Crippen LogP contribution < -0.4 is 5.32 Å². The van der Waals surface area contributed by atoms with Gasteiger partial charge in [0.15, 0.2) is 0 Å². The Morgan fingerprint density at radius 1 is 1.21 bits per heavy atom. The van der Waals surface area contributed by atoms with E-state index in [2.05, 4.69) is 10.4 Å². The number of nitrogens with zero attached hydrogens (tertiary/aromatic N) is 5. The van der Waals surface area contributed by atoms with Crippen LogP contribution in [-0.2, 0) is 13.2 Å². The van der Waals surface area contributed by atoms with Crippen molar-refractivity contribution in [1.29, 1.82) is 0 Å². The number of carbonyl (C=O) groups is 2. The highest BCUT2D eigenvalue weighted by Gasteiger charge is 2.55. The maximum Gasteiger partial charge on any atom is 0.419 e. The van der Waals surface area contributed by atoms with Crippen LogP contribution in [-0.4, -0.2) is 62.1 Å². The highest BCUT2D eigenvalue weighted by Crippen LogP contribution is 2.50.